The van der Waals surface area contributed by atoms with E-state index in [-0.39, 0.29) is 6.04 Å². The Bertz CT molecular complexity index is 590. The van der Waals surface area contributed by atoms with Crippen molar-refractivity contribution in [3.63, 3.8) is 0 Å². The first-order valence-corrected chi connectivity index (χ1v) is 5.88. The molecule has 3 rings (SSSR count). The monoisotopic (exact) mass is 248 g/mol. The first-order chi connectivity index (χ1) is 8.09. The van der Waals surface area contributed by atoms with E-state index >= 15 is 0 Å². The van der Waals surface area contributed by atoms with Gasteiger partial charge in [0.15, 0.2) is 5.15 Å². The number of rotatable bonds is 0. The van der Waals surface area contributed by atoms with Crippen LogP contribution in [0, 0.1) is 0 Å². The van der Waals surface area contributed by atoms with Gasteiger partial charge in [0.25, 0.3) is 0 Å². The molecule has 0 radical (unpaired) electrons. The van der Waals surface area contributed by atoms with Crippen LogP contribution in [0.3, 0.4) is 0 Å². The van der Waals surface area contributed by atoms with Gasteiger partial charge in [-0.1, -0.05) is 11.6 Å². The maximum atomic E-state index is 6.19. The van der Waals surface area contributed by atoms with E-state index in [0.717, 1.165) is 16.9 Å². The number of halogens is 1. The topological polar surface area (TPSA) is 34.0 Å². The Morgan fingerprint density at radius 2 is 2.12 bits per heavy atom. The first kappa shape index (κ1) is 10.6. The summed E-state index contributed by atoms with van der Waals surface area (Å²) >= 11 is 6.19. The minimum absolute atomic E-state index is 0.257. The smallest absolute Gasteiger partial charge is 0.152 e. The summed E-state index contributed by atoms with van der Waals surface area (Å²) in [4.78, 5) is 6.29. The van der Waals surface area contributed by atoms with Crippen LogP contribution in [0.25, 0.3) is 11.3 Å². The Morgan fingerprint density at radius 1 is 1.35 bits per heavy atom. The molecule has 0 saturated heterocycles. The fourth-order valence-corrected chi connectivity index (χ4v) is 2.67. The molecule has 0 N–H and O–H groups in total. The summed E-state index contributed by atoms with van der Waals surface area (Å²) in [5.41, 5.74) is 4.26. The molecule has 1 aliphatic heterocycles. The zero-order chi connectivity index (χ0) is 12.2. The fourth-order valence-electron chi connectivity index (χ4n) is 2.38. The largest absolute Gasteiger partial charge is 0.365 e. The summed E-state index contributed by atoms with van der Waals surface area (Å²) in [5.74, 6) is 0. The van der Waals surface area contributed by atoms with Crippen molar-refractivity contribution < 1.29 is 0 Å². The second-order valence-corrected chi connectivity index (χ2v) is 4.75. The molecule has 0 spiro atoms. The highest BCUT2D eigenvalue weighted by Crippen LogP contribution is 2.45. The van der Waals surface area contributed by atoms with E-state index < -0.39 is 0 Å². The van der Waals surface area contributed by atoms with Crippen LogP contribution in [-0.2, 0) is 7.05 Å². The lowest BCUT2D eigenvalue weighted by Gasteiger charge is -2.33. The van der Waals surface area contributed by atoms with Gasteiger partial charge in [0.2, 0.25) is 0 Å². The number of aromatic nitrogens is 3. The number of hydrogen-bond donors (Lipinski definition) is 0. The van der Waals surface area contributed by atoms with E-state index in [9.17, 15) is 0 Å². The van der Waals surface area contributed by atoms with Crippen molar-refractivity contribution >= 4 is 17.3 Å². The fraction of sp³-hybridized carbons (Fsp3) is 0.333. The van der Waals surface area contributed by atoms with Crippen LogP contribution in [0.2, 0.25) is 5.15 Å². The molecular formula is C12H13ClN4. The van der Waals surface area contributed by atoms with Crippen molar-refractivity contribution in [3.8, 4) is 11.3 Å². The highest BCUT2D eigenvalue weighted by atomic mass is 35.5. The SMILES string of the molecule is CC1c2cn(C)nc2-c2ccnc(Cl)c2N1C. The lowest BCUT2D eigenvalue weighted by atomic mass is 9.97. The maximum Gasteiger partial charge on any atom is 0.152 e. The third kappa shape index (κ3) is 1.37. The second-order valence-electron chi connectivity index (χ2n) is 4.39. The van der Waals surface area contributed by atoms with Crippen LogP contribution >= 0.6 is 11.6 Å². The molecule has 1 atom stereocenters. The molecule has 0 saturated carbocycles. The highest BCUT2D eigenvalue weighted by molar-refractivity contribution is 6.32. The Kier molecular flexibility index (Phi) is 2.16. The second kappa shape index (κ2) is 3.47. The van der Waals surface area contributed by atoms with Crippen LogP contribution in [0.15, 0.2) is 18.5 Å². The number of hydrogen-bond acceptors (Lipinski definition) is 3. The predicted octanol–water partition coefficient (Wildman–Crippen LogP) is 2.65. The molecule has 0 amide bonds. The average Bonchev–Trinajstić information content (AvgIpc) is 2.68. The normalized spacial score (nSPS) is 17.9. The van der Waals surface area contributed by atoms with E-state index in [2.05, 4.69) is 28.1 Å². The van der Waals surface area contributed by atoms with Gasteiger partial charge in [-0.05, 0) is 13.0 Å². The number of nitrogens with zero attached hydrogens (tertiary/aromatic N) is 4. The molecule has 3 heterocycles. The Balaban J connectivity index is 2.35. The summed E-state index contributed by atoms with van der Waals surface area (Å²) < 4.78 is 1.85. The lowest BCUT2D eigenvalue weighted by molar-refractivity contribution is 0.728. The van der Waals surface area contributed by atoms with Crippen molar-refractivity contribution in [2.24, 2.45) is 7.05 Å². The Labute approximate surface area is 105 Å². The van der Waals surface area contributed by atoms with Gasteiger partial charge in [-0.2, -0.15) is 5.10 Å². The van der Waals surface area contributed by atoms with Crippen LogP contribution in [0.5, 0.6) is 0 Å². The van der Waals surface area contributed by atoms with Gasteiger partial charge >= 0.3 is 0 Å². The molecule has 0 bridgehead atoms. The van der Waals surface area contributed by atoms with E-state index in [4.69, 9.17) is 11.6 Å². The molecular weight excluding hydrogens is 236 g/mol. The molecule has 0 aliphatic carbocycles. The standard InChI is InChI=1S/C12H13ClN4/c1-7-9-6-16(2)15-10(9)8-4-5-14-12(13)11(8)17(7)3/h4-7H,1-3H3. The van der Waals surface area contributed by atoms with E-state index in [1.165, 1.54) is 5.56 Å². The zero-order valence-electron chi connectivity index (χ0n) is 9.98. The summed E-state index contributed by atoms with van der Waals surface area (Å²) in [5, 5.41) is 5.06. The quantitative estimate of drug-likeness (QED) is 0.672. The molecule has 88 valence electrons. The number of pyridine rings is 1. The van der Waals surface area contributed by atoms with Crippen LogP contribution in [0.4, 0.5) is 5.69 Å². The van der Waals surface area contributed by atoms with Crippen molar-refractivity contribution in [2.75, 3.05) is 11.9 Å². The summed E-state index contributed by atoms with van der Waals surface area (Å²) in [7, 11) is 3.97. The molecule has 0 aromatic carbocycles. The van der Waals surface area contributed by atoms with E-state index in [1.54, 1.807) is 6.20 Å². The molecule has 4 nitrogen and oxygen atoms in total. The number of aryl methyl sites for hydroxylation is 1. The lowest BCUT2D eigenvalue weighted by Crippen LogP contribution is -2.26. The van der Waals surface area contributed by atoms with Gasteiger partial charge in [-0.15, -0.1) is 0 Å². The third-order valence-electron chi connectivity index (χ3n) is 3.38. The molecule has 1 unspecified atom stereocenters. The average molecular weight is 249 g/mol. The Hall–Kier alpha value is -1.55. The van der Waals surface area contributed by atoms with Crippen molar-refractivity contribution in [1.82, 2.24) is 14.8 Å². The molecule has 1 aliphatic rings. The minimum Gasteiger partial charge on any atom is -0.365 e. The van der Waals surface area contributed by atoms with E-state index in [1.807, 2.05) is 24.8 Å². The summed E-state index contributed by atoms with van der Waals surface area (Å²) in [6, 6.07) is 2.22. The highest BCUT2D eigenvalue weighted by Gasteiger charge is 2.30. The zero-order valence-corrected chi connectivity index (χ0v) is 10.7. The van der Waals surface area contributed by atoms with Crippen molar-refractivity contribution in [1.29, 1.82) is 0 Å². The van der Waals surface area contributed by atoms with E-state index in [0.29, 0.717) is 5.15 Å². The van der Waals surface area contributed by atoms with Gasteiger partial charge in [-0.3, -0.25) is 4.68 Å². The van der Waals surface area contributed by atoms with Crippen LogP contribution in [-0.4, -0.2) is 21.8 Å². The third-order valence-corrected chi connectivity index (χ3v) is 3.65. The van der Waals surface area contributed by atoms with Gasteiger partial charge < -0.3 is 4.90 Å². The predicted molar refractivity (Wildman–Crippen MR) is 68.3 cm³/mol. The van der Waals surface area contributed by atoms with Gasteiger partial charge in [0, 0.05) is 37.6 Å². The van der Waals surface area contributed by atoms with Gasteiger partial charge in [0.1, 0.15) is 0 Å². The van der Waals surface area contributed by atoms with Gasteiger partial charge in [-0.25, -0.2) is 4.98 Å². The first-order valence-electron chi connectivity index (χ1n) is 5.51. The number of fused-ring (bicyclic) bond motifs is 3. The number of anilines is 1. The molecule has 2 aromatic rings. The van der Waals surface area contributed by atoms with Gasteiger partial charge in [0.05, 0.1) is 17.4 Å². The maximum absolute atomic E-state index is 6.19. The van der Waals surface area contributed by atoms with Crippen LogP contribution in [0.1, 0.15) is 18.5 Å². The van der Waals surface area contributed by atoms with Crippen molar-refractivity contribution in [2.45, 2.75) is 13.0 Å². The van der Waals surface area contributed by atoms with Crippen LogP contribution < -0.4 is 4.90 Å². The molecule has 5 heteroatoms. The molecule has 17 heavy (non-hydrogen) atoms. The summed E-state index contributed by atoms with van der Waals surface area (Å²) in [6.07, 6.45) is 3.79. The Morgan fingerprint density at radius 3 is 2.88 bits per heavy atom. The molecule has 2 aromatic heterocycles. The minimum atomic E-state index is 0.257. The van der Waals surface area contributed by atoms with Crippen molar-refractivity contribution in [3.05, 3.63) is 29.2 Å². The summed E-state index contributed by atoms with van der Waals surface area (Å²) in [6.45, 7) is 2.15. The molecule has 0 fully saturated rings.